The summed E-state index contributed by atoms with van der Waals surface area (Å²) in [7, 11) is 0. The van der Waals surface area contributed by atoms with Crippen LogP contribution in [-0.4, -0.2) is 23.7 Å². The molecule has 4 heteroatoms. The van der Waals surface area contributed by atoms with Gasteiger partial charge in [-0.25, -0.2) is 4.39 Å². The fraction of sp³-hybridized carbons (Fsp3) is 0.519. The van der Waals surface area contributed by atoms with Gasteiger partial charge in [0.05, 0.1) is 6.10 Å². The summed E-state index contributed by atoms with van der Waals surface area (Å²) < 4.78 is 15.0. The van der Waals surface area contributed by atoms with Gasteiger partial charge in [-0.05, 0) is 74.6 Å². The highest BCUT2D eigenvalue weighted by Crippen LogP contribution is 2.41. The first-order chi connectivity index (χ1) is 14.7. The lowest BCUT2D eigenvalue weighted by Gasteiger charge is -2.33. The second kappa shape index (κ2) is 11.4. The Balaban J connectivity index is 2.04. The molecule has 0 fully saturated rings. The maximum absolute atomic E-state index is 15.0. The molecule has 0 heterocycles. The normalized spacial score (nSPS) is 18.2. The van der Waals surface area contributed by atoms with E-state index in [2.05, 4.69) is 32.2 Å². The van der Waals surface area contributed by atoms with Crippen LogP contribution in [0, 0.1) is 5.41 Å². The average Bonchev–Trinajstić information content (AvgIpc) is 2.72. The van der Waals surface area contributed by atoms with Crippen molar-refractivity contribution in [2.45, 2.75) is 79.2 Å². The molecule has 0 aromatic heterocycles. The molecular formula is C27H38FNO2. The van der Waals surface area contributed by atoms with Crippen molar-refractivity contribution in [3.8, 4) is 0 Å². The Hall–Kier alpha value is -2.20. The first kappa shape index (κ1) is 25.1. The van der Waals surface area contributed by atoms with E-state index in [0.717, 1.165) is 25.7 Å². The molecule has 1 aromatic rings. The van der Waals surface area contributed by atoms with Crippen LogP contribution in [-0.2, 0) is 0 Å². The van der Waals surface area contributed by atoms with Gasteiger partial charge in [0.2, 0.25) is 0 Å². The number of allylic oxidation sites excluding steroid dienone is 5. The van der Waals surface area contributed by atoms with Crippen LogP contribution in [0.1, 0.15) is 89.1 Å². The molecule has 0 saturated carbocycles. The van der Waals surface area contributed by atoms with Crippen molar-refractivity contribution in [3.05, 3.63) is 64.3 Å². The fourth-order valence-electron chi connectivity index (χ4n) is 4.22. The largest absolute Gasteiger partial charge is 0.393 e. The van der Waals surface area contributed by atoms with Gasteiger partial charge >= 0.3 is 0 Å². The number of hydrogen-bond acceptors (Lipinski definition) is 2. The number of carbonyl (C=O) groups is 1. The lowest BCUT2D eigenvalue weighted by molar-refractivity contribution is 0.0940. The summed E-state index contributed by atoms with van der Waals surface area (Å²) in [5.41, 5.74) is 4.34. The Labute approximate surface area is 187 Å². The molecule has 1 aromatic carbocycles. The molecule has 0 saturated heterocycles. The number of carbonyl (C=O) groups excluding carboxylic acids is 1. The number of rotatable bonds is 9. The first-order valence-corrected chi connectivity index (χ1v) is 11.5. The van der Waals surface area contributed by atoms with Crippen LogP contribution in [0.2, 0.25) is 0 Å². The highest BCUT2D eigenvalue weighted by atomic mass is 19.1. The number of halogens is 1. The Morgan fingerprint density at radius 1 is 1.23 bits per heavy atom. The number of nitrogens with one attached hydrogen (secondary N) is 1. The number of aliphatic hydroxyl groups is 1. The van der Waals surface area contributed by atoms with Crippen molar-refractivity contribution in [2.75, 3.05) is 6.54 Å². The zero-order valence-electron chi connectivity index (χ0n) is 19.7. The molecule has 3 nitrogen and oxygen atoms in total. The molecular weight excluding hydrogens is 389 g/mol. The highest BCUT2D eigenvalue weighted by Gasteiger charge is 2.26. The Morgan fingerprint density at radius 2 is 1.87 bits per heavy atom. The minimum absolute atomic E-state index is 0.122. The summed E-state index contributed by atoms with van der Waals surface area (Å²) in [4.78, 5) is 12.3. The lowest BCUT2D eigenvalue weighted by Crippen LogP contribution is -2.27. The second-order valence-corrected chi connectivity index (χ2v) is 9.33. The van der Waals surface area contributed by atoms with Gasteiger partial charge in [0.1, 0.15) is 5.83 Å². The zero-order chi connectivity index (χ0) is 23.0. The third-order valence-corrected chi connectivity index (χ3v) is 6.17. The monoisotopic (exact) mass is 427 g/mol. The second-order valence-electron chi connectivity index (χ2n) is 9.33. The summed E-state index contributed by atoms with van der Waals surface area (Å²) in [6.07, 6.45) is 9.19. The molecule has 0 spiro atoms. The van der Waals surface area contributed by atoms with E-state index in [-0.39, 0.29) is 23.3 Å². The Morgan fingerprint density at radius 3 is 2.48 bits per heavy atom. The van der Waals surface area contributed by atoms with Crippen LogP contribution in [0.15, 0.2) is 53.1 Å². The molecule has 0 bridgehead atoms. The van der Waals surface area contributed by atoms with Gasteiger partial charge in [-0.3, -0.25) is 4.79 Å². The maximum Gasteiger partial charge on any atom is 0.251 e. The minimum Gasteiger partial charge on any atom is -0.393 e. The number of benzene rings is 1. The molecule has 0 aliphatic heterocycles. The third kappa shape index (κ3) is 7.17. The first-order valence-electron chi connectivity index (χ1n) is 11.5. The summed E-state index contributed by atoms with van der Waals surface area (Å²) in [6, 6.07) is 6.56. The topological polar surface area (TPSA) is 49.3 Å². The van der Waals surface area contributed by atoms with E-state index in [1.165, 1.54) is 17.6 Å². The third-order valence-electron chi connectivity index (χ3n) is 6.17. The summed E-state index contributed by atoms with van der Waals surface area (Å²) in [5.74, 6) is -0.490. The van der Waals surface area contributed by atoms with E-state index in [4.69, 9.17) is 0 Å². The molecule has 1 unspecified atom stereocenters. The quantitative estimate of drug-likeness (QED) is 0.428. The van der Waals surface area contributed by atoms with Crippen LogP contribution in [0.3, 0.4) is 0 Å². The SMILES string of the molecule is CCCC(O)CCNC(=O)c1ccc(/C(F)=C(C)/C=C/C2=C(C)CCCC2(C)C)cc1. The molecule has 31 heavy (non-hydrogen) atoms. The molecule has 1 atom stereocenters. The van der Waals surface area contributed by atoms with E-state index >= 15 is 0 Å². The lowest BCUT2D eigenvalue weighted by atomic mass is 9.72. The van der Waals surface area contributed by atoms with E-state index in [9.17, 15) is 14.3 Å². The molecule has 0 radical (unpaired) electrons. The van der Waals surface area contributed by atoms with Gasteiger partial charge in [0.25, 0.3) is 5.91 Å². The molecule has 2 rings (SSSR count). The van der Waals surface area contributed by atoms with Gasteiger partial charge < -0.3 is 10.4 Å². The number of amides is 1. The van der Waals surface area contributed by atoms with E-state index < -0.39 is 0 Å². The Bertz CT molecular complexity index is 846. The van der Waals surface area contributed by atoms with Crippen molar-refractivity contribution in [2.24, 2.45) is 5.41 Å². The number of hydrogen-bond donors (Lipinski definition) is 2. The average molecular weight is 428 g/mol. The van der Waals surface area contributed by atoms with E-state index in [0.29, 0.717) is 29.7 Å². The molecule has 1 aliphatic rings. The molecule has 1 amide bonds. The van der Waals surface area contributed by atoms with Crippen LogP contribution in [0.25, 0.3) is 5.83 Å². The van der Waals surface area contributed by atoms with E-state index in [1.807, 2.05) is 13.0 Å². The molecule has 1 aliphatic carbocycles. The van der Waals surface area contributed by atoms with Crippen LogP contribution < -0.4 is 5.32 Å². The summed E-state index contributed by atoms with van der Waals surface area (Å²) in [6.45, 7) is 10.9. The van der Waals surface area contributed by atoms with Crippen molar-refractivity contribution >= 4 is 11.7 Å². The van der Waals surface area contributed by atoms with Crippen molar-refractivity contribution in [1.82, 2.24) is 5.32 Å². The summed E-state index contributed by atoms with van der Waals surface area (Å²) in [5, 5.41) is 12.6. The van der Waals surface area contributed by atoms with Gasteiger partial charge in [0.15, 0.2) is 0 Å². The number of aliphatic hydroxyl groups excluding tert-OH is 1. The maximum atomic E-state index is 15.0. The summed E-state index contributed by atoms with van der Waals surface area (Å²) >= 11 is 0. The smallest absolute Gasteiger partial charge is 0.251 e. The minimum atomic E-state index is -0.387. The van der Waals surface area contributed by atoms with Gasteiger partial charge in [-0.1, -0.05) is 57.0 Å². The predicted molar refractivity (Wildman–Crippen MR) is 127 cm³/mol. The van der Waals surface area contributed by atoms with Gasteiger partial charge in [-0.15, -0.1) is 0 Å². The Kier molecular flexibility index (Phi) is 9.24. The van der Waals surface area contributed by atoms with Crippen LogP contribution >= 0.6 is 0 Å². The fourth-order valence-corrected chi connectivity index (χ4v) is 4.22. The molecule has 2 N–H and O–H groups in total. The molecule has 170 valence electrons. The highest BCUT2D eigenvalue weighted by molar-refractivity contribution is 5.94. The standard InChI is InChI=1S/C27H38FNO2/c1-6-8-23(30)16-18-29-26(31)22-13-11-21(12-14-22)25(28)20(3)10-15-24-19(2)9-7-17-27(24,4)5/h10-15,23,30H,6-9,16-18H2,1-5H3,(H,29,31)/b15-10+,25-20-. The van der Waals surface area contributed by atoms with Gasteiger partial charge in [0, 0.05) is 17.7 Å². The zero-order valence-corrected chi connectivity index (χ0v) is 19.7. The van der Waals surface area contributed by atoms with Crippen LogP contribution in [0.4, 0.5) is 4.39 Å². The van der Waals surface area contributed by atoms with Crippen molar-refractivity contribution in [3.63, 3.8) is 0 Å². The van der Waals surface area contributed by atoms with Crippen molar-refractivity contribution < 1.29 is 14.3 Å². The predicted octanol–water partition coefficient (Wildman–Crippen LogP) is 6.75. The van der Waals surface area contributed by atoms with E-state index in [1.54, 1.807) is 31.2 Å². The van der Waals surface area contributed by atoms with Gasteiger partial charge in [-0.2, -0.15) is 0 Å². The van der Waals surface area contributed by atoms with Crippen LogP contribution in [0.5, 0.6) is 0 Å². The van der Waals surface area contributed by atoms with Crippen molar-refractivity contribution in [1.29, 1.82) is 0 Å².